The van der Waals surface area contributed by atoms with Gasteiger partial charge in [-0.1, -0.05) is 17.7 Å². The Morgan fingerprint density at radius 3 is 2.36 bits per heavy atom. The molecule has 10 heteroatoms. The summed E-state index contributed by atoms with van der Waals surface area (Å²) in [5, 5.41) is 16.1. The highest BCUT2D eigenvalue weighted by atomic mass is 35.5. The van der Waals surface area contributed by atoms with Gasteiger partial charge < -0.3 is 10.4 Å². The molecule has 2 N–H and O–H groups in total. The summed E-state index contributed by atoms with van der Waals surface area (Å²) in [4.78, 5) is 12.3. The lowest BCUT2D eigenvalue weighted by Crippen LogP contribution is -2.24. The predicted octanol–water partition coefficient (Wildman–Crippen LogP) is 3.59. The molecule has 5 nitrogen and oxygen atoms in total. The van der Waals surface area contributed by atoms with Gasteiger partial charge in [-0.3, -0.25) is 4.79 Å². The molecule has 28 heavy (non-hydrogen) atoms. The molecular formula is C18H12ClF4N3O2. The topological polar surface area (TPSA) is 67.2 Å². The van der Waals surface area contributed by atoms with Crippen LogP contribution in [0.15, 0.2) is 47.4 Å². The van der Waals surface area contributed by atoms with Crippen molar-refractivity contribution in [1.29, 1.82) is 0 Å². The summed E-state index contributed by atoms with van der Waals surface area (Å²) in [5.41, 5.74) is -1.33. The number of anilines is 1. The molecule has 0 bridgehead atoms. The average Bonchev–Trinajstić information content (AvgIpc) is 2.63. The van der Waals surface area contributed by atoms with Crippen molar-refractivity contribution in [2.45, 2.75) is 6.10 Å². The summed E-state index contributed by atoms with van der Waals surface area (Å²) in [6.45, 7) is -0.266. The van der Waals surface area contributed by atoms with E-state index in [-0.39, 0.29) is 28.5 Å². The van der Waals surface area contributed by atoms with Gasteiger partial charge in [-0.05, 0) is 18.2 Å². The van der Waals surface area contributed by atoms with Crippen LogP contribution in [0, 0.1) is 23.3 Å². The van der Waals surface area contributed by atoms with Crippen LogP contribution in [0.4, 0.5) is 23.2 Å². The number of benzene rings is 2. The molecule has 0 amide bonds. The molecule has 0 unspecified atom stereocenters. The molecule has 3 rings (SSSR count). The Labute approximate surface area is 160 Å². The number of hydrogen-bond acceptors (Lipinski definition) is 4. The number of aliphatic hydroxyl groups is 1. The second kappa shape index (κ2) is 7.99. The summed E-state index contributed by atoms with van der Waals surface area (Å²) in [7, 11) is 0. The molecule has 0 saturated heterocycles. The highest BCUT2D eigenvalue weighted by Gasteiger charge is 2.17. The Morgan fingerprint density at radius 1 is 1.07 bits per heavy atom. The smallest absolute Gasteiger partial charge is 0.292 e. The van der Waals surface area contributed by atoms with Crippen molar-refractivity contribution in [1.82, 2.24) is 9.78 Å². The van der Waals surface area contributed by atoms with Gasteiger partial charge in [0, 0.05) is 24.2 Å². The van der Waals surface area contributed by atoms with Gasteiger partial charge in [0.1, 0.15) is 28.2 Å². The van der Waals surface area contributed by atoms with E-state index in [0.717, 1.165) is 30.5 Å². The lowest BCUT2D eigenvalue weighted by Gasteiger charge is -2.15. The molecule has 0 aliphatic rings. The van der Waals surface area contributed by atoms with E-state index < -0.39 is 34.9 Å². The second-order valence-corrected chi connectivity index (χ2v) is 6.13. The lowest BCUT2D eigenvalue weighted by atomic mass is 10.1. The third-order valence-corrected chi connectivity index (χ3v) is 4.23. The lowest BCUT2D eigenvalue weighted by molar-refractivity contribution is 0.186. The van der Waals surface area contributed by atoms with Crippen molar-refractivity contribution >= 4 is 17.3 Å². The molecule has 2 aromatic carbocycles. The molecule has 0 radical (unpaired) electrons. The van der Waals surface area contributed by atoms with Crippen molar-refractivity contribution in [2.24, 2.45) is 0 Å². The van der Waals surface area contributed by atoms with Crippen molar-refractivity contribution in [3.05, 3.63) is 86.8 Å². The zero-order chi connectivity index (χ0) is 20.4. The first-order valence-electron chi connectivity index (χ1n) is 7.88. The van der Waals surface area contributed by atoms with E-state index in [1.807, 2.05) is 0 Å². The van der Waals surface area contributed by atoms with E-state index in [0.29, 0.717) is 16.8 Å². The number of nitrogens with zero attached hydrogens (tertiary/aromatic N) is 2. The van der Waals surface area contributed by atoms with Gasteiger partial charge in [-0.25, -0.2) is 17.6 Å². The van der Waals surface area contributed by atoms with E-state index in [2.05, 4.69) is 10.4 Å². The predicted molar refractivity (Wildman–Crippen MR) is 94.6 cm³/mol. The van der Waals surface area contributed by atoms with E-state index in [1.54, 1.807) is 0 Å². The summed E-state index contributed by atoms with van der Waals surface area (Å²) in [6, 6.07) is 5.30. The van der Waals surface area contributed by atoms with Crippen LogP contribution in [0.5, 0.6) is 0 Å². The molecule has 0 aliphatic heterocycles. The van der Waals surface area contributed by atoms with Crippen LogP contribution >= 0.6 is 11.6 Å². The summed E-state index contributed by atoms with van der Waals surface area (Å²) >= 11 is 5.98. The van der Waals surface area contributed by atoms with Crippen molar-refractivity contribution < 1.29 is 22.7 Å². The average molecular weight is 414 g/mol. The fraction of sp³-hybridized carbons (Fsp3) is 0.111. The number of aliphatic hydroxyl groups excluding tert-OH is 1. The molecule has 1 atom stereocenters. The van der Waals surface area contributed by atoms with Crippen LogP contribution in [-0.4, -0.2) is 21.4 Å². The quantitative estimate of drug-likeness (QED) is 0.627. The number of nitrogens with one attached hydrogen (secondary N) is 1. The number of hydrogen-bond donors (Lipinski definition) is 2. The Balaban J connectivity index is 1.82. The zero-order valence-electron chi connectivity index (χ0n) is 14.0. The molecule has 0 fully saturated rings. The first-order chi connectivity index (χ1) is 13.3. The highest BCUT2D eigenvalue weighted by Crippen LogP contribution is 2.22. The minimum absolute atomic E-state index is 0.00649. The third-order valence-electron chi connectivity index (χ3n) is 3.86. The Hall–Kier alpha value is -2.91. The minimum atomic E-state index is -1.37. The van der Waals surface area contributed by atoms with E-state index in [1.165, 1.54) is 0 Å². The highest BCUT2D eigenvalue weighted by molar-refractivity contribution is 6.32. The molecule has 1 aromatic heterocycles. The van der Waals surface area contributed by atoms with Crippen LogP contribution in [0.2, 0.25) is 5.02 Å². The molecule has 1 heterocycles. The van der Waals surface area contributed by atoms with Crippen LogP contribution in [-0.2, 0) is 0 Å². The maximum Gasteiger partial charge on any atom is 0.292 e. The number of halogens is 5. The summed E-state index contributed by atoms with van der Waals surface area (Å²) in [6.07, 6.45) is -0.270. The Morgan fingerprint density at radius 2 is 1.71 bits per heavy atom. The van der Waals surface area contributed by atoms with Crippen LogP contribution in [0.25, 0.3) is 5.69 Å². The molecule has 146 valence electrons. The first kappa shape index (κ1) is 19.8. The van der Waals surface area contributed by atoms with Gasteiger partial charge in [0.05, 0.1) is 18.0 Å². The fourth-order valence-corrected chi connectivity index (χ4v) is 2.66. The van der Waals surface area contributed by atoms with Gasteiger partial charge in [0.15, 0.2) is 5.82 Å². The van der Waals surface area contributed by atoms with Gasteiger partial charge in [-0.15, -0.1) is 0 Å². The van der Waals surface area contributed by atoms with Crippen molar-refractivity contribution in [3.8, 4) is 5.69 Å². The standard InChI is InChI=1S/C18H12ClF4N3O2/c19-17-14(24-8-16(27)11-3-1-9(20)5-12(11)22)7-25-26(18(17)28)15-4-2-10(21)6-13(15)23/h1-7,16,24,27H,8H2/t16-/m1/s1. The van der Waals surface area contributed by atoms with E-state index in [9.17, 15) is 27.5 Å². The van der Waals surface area contributed by atoms with E-state index >= 15 is 0 Å². The largest absolute Gasteiger partial charge is 0.386 e. The molecule has 0 spiro atoms. The van der Waals surface area contributed by atoms with Gasteiger partial charge in [0.2, 0.25) is 0 Å². The SMILES string of the molecule is O=c1c(Cl)c(NC[C@@H](O)c2ccc(F)cc2F)cnn1-c1ccc(F)cc1F. The Bertz CT molecular complexity index is 1090. The number of rotatable bonds is 5. The zero-order valence-corrected chi connectivity index (χ0v) is 14.7. The Kier molecular flexibility index (Phi) is 5.66. The van der Waals surface area contributed by atoms with Gasteiger partial charge in [-0.2, -0.15) is 9.78 Å². The second-order valence-electron chi connectivity index (χ2n) is 5.75. The minimum Gasteiger partial charge on any atom is -0.386 e. The van der Waals surface area contributed by atoms with Crippen LogP contribution in [0.3, 0.4) is 0 Å². The van der Waals surface area contributed by atoms with Crippen LogP contribution in [0.1, 0.15) is 11.7 Å². The summed E-state index contributed by atoms with van der Waals surface area (Å²) in [5.74, 6) is -3.54. The van der Waals surface area contributed by atoms with E-state index in [4.69, 9.17) is 11.6 Å². The maximum absolute atomic E-state index is 13.9. The monoisotopic (exact) mass is 413 g/mol. The number of aromatic nitrogens is 2. The molecule has 3 aromatic rings. The fourth-order valence-electron chi connectivity index (χ4n) is 2.47. The van der Waals surface area contributed by atoms with Crippen molar-refractivity contribution in [3.63, 3.8) is 0 Å². The van der Waals surface area contributed by atoms with Gasteiger partial charge in [0.25, 0.3) is 5.56 Å². The van der Waals surface area contributed by atoms with Crippen molar-refractivity contribution in [2.75, 3.05) is 11.9 Å². The third kappa shape index (κ3) is 4.00. The molecular weight excluding hydrogens is 402 g/mol. The molecule has 0 aliphatic carbocycles. The summed E-state index contributed by atoms with van der Waals surface area (Å²) < 4.78 is 54.2. The van der Waals surface area contributed by atoms with Gasteiger partial charge >= 0.3 is 0 Å². The first-order valence-corrected chi connectivity index (χ1v) is 8.26. The molecule has 0 saturated carbocycles. The maximum atomic E-state index is 13.9. The van der Waals surface area contributed by atoms with Crippen LogP contribution < -0.4 is 10.9 Å². The normalized spacial score (nSPS) is 12.1.